The Balaban J connectivity index is 1.38. The summed E-state index contributed by atoms with van der Waals surface area (Å²) in [6.07, 6.45) is 5.05. The first-order valence-electron chi connectivity index (χ1n) is 10.6. The molecule has 0 saturated carbocycles. The summed E-state index contributed by atoms with van der Waals surface area (Å²) in [5.41, 5.74) is 9.06. The van der Waals surface area contributed by atoms with Crippen molar-refractivity contribution in [2.45, 2.75) is 31.3 Å². The number of nitrogens with two attached hydrogens (primary N) is 1. The molecule has 2 atom stereocenters. The molecule has 0 bridgehead atoms. The zero-order valence-electron chi connectivity index (χ0n) is 17.6. The molecule has 164 valence electrons. The van der Waals surface area contributed by atoms with Gasteiger partial charge in [-0.25, -0.2) is 4.39 Å². The number of hydrogen-bond acceptors (Lipinski definition) is 4. The SMILES string of the molecule is N[C@H](CC(=O)N1CCC[C@H]1c1cccc(F)c1)c1ccc(C(=O)Nc2ccncc2)cc1. The van der Waals surface area contributed by atoms with Crippen LogP contribution in [0.2, 0.25) is 0 Å². The molecule has 0 aliphatic carbocycles. The number of aromatic nitrogens is 1. The third kappa shape index (κ3) is 5.00. The van der Waals surface area contributed by atoms with E-state index in [2.05, 4.69) is 10.3 Å². The number of pyridine rings is 1. The molecule has 3 aromatic rings. The molecular weight excluding hydrogens is 407 g/mol. The van der Waals surface area contributed by atoms with Crippen molar-refractivity contribution >= 4 is 17.5 Å². The maximum Gasteiger partial charge on any atom is 0.255 e. The number of hydrogen-bond donors (Lipinski definition) is 2. The molecule has 0 spiro atoms. The molecule has 1 aliphatic rings. The minimum absolute atomic E-state index is 0.0521. The number of benzene rings is 2. The second-order valence-electron chi connectivity index (χ2n) is 7.92. The average Bonchev–Trinajstić information content (AvgIpc) is 3.30. The van der Waals surface area contributed by atoms with Gasteiger partial charge < -0.3 is 16.0 Å². The first kappa shape index (κ1) is 21.6. The van der Waals surface area contributed by atoms with Crippen molar-refractivity contribution in [3.8, 4) is 0 Å². The van der Waals surface area contributed by atoms with Crippen LogP contribution in [0.25, 0.3) is 0 Å². The van der Waals surface area contributed by atoms with Gasteiger partial charge in [0.2, 0.25) is 5.91 Å². The van der Waals surface area contributed by atoms with E-state index in [0.29, 0.717) is 17.8 Å². The zero-order chi connectivity index (χ0) is 22.5. The molecule has 1 aliphatic heterocycles. The molecule has 32 heavy (non-hydrogen) atoms. The lowest BCUT2D eigenvalue weighted by atomic mass is 10.0. The molecule has 2 heterocycles. The van der Waals surface area contributed by atoms with Crippen LogP contribution in [0, 0.1) is 5.82 Å². The van der Waals surface area contributed by atoms with E-state index in [1.807, 2.05) is 6.07 Å². The highest BCUT2D eigenvalue weighted by Crippen LogP contribution is 2.33. The van der Waals surface area contributed by atoms with Crippen LogP contribution in [-0.2, 0) is 4.79 Å². The fraction of sp³-hybridized carbons (Fsp3) is 0.240. The van der Waals surface area contributed by atoms with Gasteiger partial charge in [-0.05, 0) is 60.4 Å². The summed E-state index contributed by atoms with van der Waals surface area (Å²) in [4.78, 5) is 31.1. The van der Waals surface area contributed by atoms with Crippen LogP contribution >= 0.6 is 0 Å². The first-order valence-corrected chi connectivity index (χ1v) is 10.6. The first-order chi connectivity index (χ1) is 15.5. The Kier molecular flexibility index (Phi) is 6.56. The molecule has 1 aromatic heterocycles. The highest BCUT2D eigenvalue weighted by atomic mass is 19.1. The van der Waals surface area contributed by atoms with Crippen molar-refractivity contribution < 1.29 is 14.0 Å². The van der Waals surface area contributed by atoms with Crippen molar-refractivity contribution in [3.05, 3.63) is 95.6 Å². The molecule has 3 N–H and O–H groups in total. The number of nitrogens with zero attached hydrogens (tertiary/aromatic N) is 2. The average molecular weight is 432 g/mol. The maximum atomic E-state index is 13.6. The van der Waals surface area contributed by atoms with Crippen LogP contribution in [0.3, 0.4) is 0 Å². The summed E-state index contributed by atoms with van der Waals surface area (Å²) >= 11 is 0. The molecular formula is C25H25FN4O2. The molecule has 4 rings (SSSR count). The van der Waals surface area contributed by atoms with E-state index >= 15 is 0 Å². The van der Waals surface area contributed by atoms with Gasteiger partial charge in [0.25, 0.3) is 5.91 Å². The Morgan fingerprint density at radius 2 is 1.88 bits per heavy atom. The quantitative estimate of drug-likeness (QED) is 0.610. The highest BCUT2D eigenvalue weighted by molar-refractivity contribution is 6.04. The van der Waals surface area contributed by atoms with E-state index in [1.54, 1.807) is 59.8 Å². The number of carbonyl (C=O) groups is 2. The minimum atomic E-state index is -0.492. The van der Waals surface area contributed by atoms with Crippen LogP contribution in [-0.4, -0.2) is 28.2 Å². The predicted octanol–water partition coefficient (Wildman–Crippen LogP) is 4.23. The second kappa shape index (κ2) is 9.70. The zero-order valence-corrected chi connectivity index (χ0v) is 17.6. The number of halogens is 1. The van der Waals surface area contributed by atoms with Crippen molar-refractivity contribution in [2.75, 3.05) is 11.9 Å². The van der Waals surface area contributed by atoms with Crippen LogP contribution in [0.5, 0.6) is 0 Å². The monoisotopic (exact) mass is 432 g/mol. The van der Waals surface area contributed by atoms with Gasteiger partial charge in [0, 0.05) is 42.7 Å². The largest absolute Gasteiger partial charge is 0.336 e. The van der Waals surface area contributed by atoms with Crippen LogP contribution in [0.4, 0.5) is 10.1 Å². The molecule has 0 unspecified atom stereocenters. The van der Waals surface area contributed by atoms with E-state index in [1.165, 1.54) is 12.1 Å². The standard InChI is InChI=1S/C25H25FN4O2/c26-20-4-1-3-19(15-20)23-5-2-14-30(23)24(31)16-22(27)17-6-8-18(9-7-17)25(32)29-21-10-12-28-13-11-21/h1,3-4,6-13,15,22-23H,2,5,14,16,27H2,(H,28,29,32)/t22-,23+/m1/s1. The van der Waals surface area contributed by atoms with Crippen LogP contribution in [0.1, 0.15) is 52.8 Å². The number of amides is 2. The Bertz CT molecular complexity index is 1090. The van der Waals surface area contributed by atoms with E-state index in [4.69, 9.17) is 5.73 Å². The Morgan fingerprint density at radius 1 is 1.12 bits per heavy atom. The van der Waals surface area contributed by atoms with Crippen molar-refractivity contribution in [1.82, 2.24) is 9.88 Å². The maximum absolute atomic E-state index is 13.6. The number of rotatable bonds is 6. The van der Waals surface area contributed by atoms with Gasteiger partial charge in [-0.2, -0.15) is 0 Å². The predicted molar refractivity (Wildman–Crippen MR) is 120 cm³/mol. The van der Waals surface area contributed by atoms with Gasteiger partial charge >= 0.3 is 0 Å². The molecule has 2 aromatic carbocycles. The highest BCUT2D eigenvalue weighted by Gasteiger charge is 2.31. The summed E-state index contributed by atoms with van der Waals surface area (Å²) in [7, 11) is 0. The summed E-state index contributed by atoms with van der Waals surface area (Å²) in [6.45, 7) is 0.640. The van der Waals surface area contributed by atoms with Crippen LogP contribution < -0.4 is 11.1 Å². The lowest BCUT2D eigenvalue weighted by Crippen LogP contribution is -2.33. The Hall–Kier alpha value is -3.58. The minimum Gasteiger partial charge on any atom is -0.336 e. The third-order valence-electron chi connectivity index (χ3n) is 5.74. The van der Waals surface area contributed by atoms with Crippen molar-refractivity contribution in [1.29, 1.82) is 0 Å². The summed E-state index contributed by atoms with van der Waals surface area (Å²) in [5, 5.41) is 2.80. The molecule has 1 fully saturated rings. The fourth-order valence-electron chi connectivity index (χ4n) is 4.07. The lowest BCUT2D eigenvalue weighted by molar-refractivity contribution is -0.132. The van der Waals surface area contributed by atoms with E-state index in [-0.39, 0.29) is 30.1 Å². The summed E-state index contributed by atoms with van der Waals surface area (Å²) in [6, 6.07) is 16.2. The Morgan fingerprint density at radius 3 is 2.59 bits per heavy atom. The molecule has 0 radical (unpaired) electrons. The normalized spacial score (nSPS) is 16.6. The smallest absolute Gasteiger partial charge is 0.255 e. The lowest BCUT2D eigenvalue weighted by Gasteiger charge is -2.26. The van der Waals surface area contributed by atoms with E-state index < -0.39 is 6.04 Å². The fourth-order valence-corrected chi connectivity index (χ4v) is 4.07. The van der Waals surface area contributed by atoms with E-state index in [9.17, 15) is 14.0 Å². The van der Waals surface area contributed by atoms with Gasteiger partial charge in [0.05, 0.1) is 6.04 Å². The van der Waals surface area contributed by atoms with Gasteiger partial charge in [0.15, 0.2) is 0 Å². The van der Waals surface area contributed by atoms with Crippen LogP contribution in [0.15, 0.2) is 73.1 Å². The second-order valence-corrected chi connectivity index (χ2v) is 7.92. The van der Waals surface area contributed by atoms with Crippen molar-refractivity contribution in [2.24, 2.45) is 5.73 Å². The molecule has 6 nitrogen and oxygen atoms in total. The number of anilines is 1. The third-order valence-corrected chi connectivity index (χ3v) is 5.74. The summed E-state index contributed by atoms with van der Waals surface area (Å²) in [5.74, 6) is -0.585. The number of nitrogens with one attached hydrogen (secondary N) is 1. The molecule has 7 heteroatoms. The van der Waals surface area contributed by atoms with Gasteiger partial charge in [-0.15, -0.1) is 0 Å². The topological polar surface area (TPSA) is 88.3 Å². The summed E-state index contributed by atoms with van der Waals surface area (Å²) < 4.78 is 13.6. The molecule has 1 saturated heterocycles. The van der Waals surface area contributed by atoms with Gasteiger partial charge in [-0.1, -0.05) is 24.3 Å². The number of carbonyl (C=O) groups excluding carboxylic acids is 2. The van der Waals surface area contributed by atoms with Crippen molar-refractivity contribution in [3.63, 3.8) is 0 Å². The number of likely N-dealkylation sites (tertiary alicyclic amines) is 1. The molecule has 2 amide bonds. The van der Waals surface area contributed by atoms with Gasteiger partial charge in [0.1, 0.15) is 5.82 Å². The Labute approximate surface area is 186 Å². The van der Waals surface area contributed by atoms with E-state index in [0.717, 1.165) is 24.0 Å². The van der Waals surface area contributed by atoms with Gasteiger partial charge in [-0.3, -0.25) is 14.6 Å².